The van der Waals surface area contributed by atoms with Crippen molar-refractivity contribution in [1.82, 2.24) is 10.2 Å². The third-order valence-electron chi connectivity index (χ3n) is 2.26. The van der Waals surface area contributed by atoms with Crippen LogP contribution in [0.1, 0.15) is 10.4 Å². The molecule has 2 N–H and O–H groups in total. The SMILES string of the molecule is O=CN(c1cn[nH]c1)c1ccccc1C(=O)O. The van der Waals surface area contributed by atoms with Crippen LogP contribution in [-0.2, 0) is 4.79 Å². The van der Waals surface area contributed by atoms with Gasteiger partial charge in [0, 0.05) is 6.20 Å². The number of para-hydroxylation sites is 1. The first-order valence-electron chi connectivity index (χ1n) is 4.79. The third-order valence-corrected chi connectivity index (χ3v) is 2.26. The highest BCUT2D eigenvalue weighted by molar-refractivity contribution is 6.00. The van der Waals surface area contributed by atoms with E-state index in [0.29, 0.717) is 17.8 Å². The summed E-state index contributed by atoms with van der Waals surface area (Å²) in [6.45, 7) is 0. The van der Waals surface area contributed by atoms with Gasteiger partial charge in [-0.05, 0) is 12.1 Å². The molecule has 0 spiro atoms. The summed E-state index contributed by atoms with van der Waals surface area (Å²) in [5, 5.41) is 15.3. The summed E-state index contributed by atoms with van der Waals surface area (Å²) in [5.41, 5.74) is 0.839. The smallest absolute Gasteiger partial charge is 0.337 e. The van der Waals surface area contributed by atoms with Crippen LogP contribution in [0.3, 0.4) is 0 Å². The van der Waals surface area contributed by atoms with E-state index in [9.17, 15) is 9.59 Å². The van der Waals surface area contributed by atoms with Crippen molar-refractivity contribution in [3.05, 3.63) is 42.2 Å². The second kappa shape index (κ2) is 4.48. The monoisotopic (exact) mass is 231 g/mol. The number of aromatic carboxylic acids is 1. The van der Waals surface area contributed by atoms with Crippen LogP contribution >= 0.6 is 0 Å². The van der Waals surface area contributed by atoms with Gasteiger partial charge < -0.3 is 5.11 Å². The molecular formula is C11H9N3O3. The van der Waals surface area contributed by atoms with Gasteiger partial charge in [-0.3, -0.25) is 14.8 Å². The minimum Gasteiger partial charge on any atom is -0.478 e. The number of amides is 1. The molecule has 2 aromatic rings. The average molecular weight is 231 g/mol. The highest BCUT2D eigenvalue weighted by Crippen LogP contribution is 2.26. The molecule has 1 aromatic heterocycles. The minimum atomic E-state index is -1.09. The Labute approximate surface area is 96.5 Å². The number of rotatable bonds is 4. The number of aromatic nitrogens is 2. The van der Waals surface area contributed by atoms with Gasteiger partial charge in [0.2, 0.25) is 6.41 Å². The molecule has 1 amide bonds. The van der Waals surface area contributed by atoms with Crippen LogP contribution in [0, 0.1) is 0 Å². The second-order valence-electron chi connectivity index (χ2n) is 3.25. The van der Waals surface area contributed by atoms with E-state index in [1.165, 1.54) is 23.4 Å². The first-order chi connectivity index (χ1) is 8.24. The molecule has 0 aliphatic carbocycles. The van der Waals surface area contributed by atoms with Crippen molar-refractivity contribution in [1.29, 1.82) is 0 Å². The number of hydrogen-bond donors (Lipinski definition) is 2. The molecule has 0 bridgehead atoms. The quantitative estimate of drug-likeness (QED) is 0.779. The van der Waals surface area contributed by atoms with Crippen molar-refractivity contribution in [2.45, 2.75) is 0 Å². The fraction of sp³-hybridized carbons (Fsp3) is 0. The van der Waals surface area contributed by atoms with E-state index >= 15 is 0 Å². The minimum absolute atomic E-state index is 0.0563. The number of anilines is 2. The van der Waals surface area contributed by atoms with E-state index in [0.717, 1.165) is 0 Å². The van der Waals surface area contributed by atoms with E-state index in [4.69, 9.17) is 5.11 Å². The van der Waals surface area contributed by atoms with Crippen molar-refractivity contribution in [3.63, 3.8) is 0 Å². The lowest BCUT2D eigenvalue weighted by atomic mass is 10.1. The molecule has 6 nitrogen and oxygen atoms in total. The van der Waals surface area contributed by atoms with Crippen LogP contribution in [0.15, 0.2) is 36.7 Å². The van der Waals surface area contributed by atoms with E-state index in [1.807, 2.05) is 0 Å². The summed E-state index contributed by atoms with van der Waals surface area (Å²) in [7, 11) is 0. The van der Waals surface area contributed by atoms with Crippen molar-refractivity contribution < 1.29 is 14.7 Å². The molecule has 6 heteroatoms. The highest BCUT2D eigenvalue weighted by atomic mass is 16.4. The number of aromatic amines is 1. The normalized spacial score (nSPS) is 9.88. The molecule has 0 fully saturated rings. The van der Waals surface area contributed by atoms with Crippen molar-refractivity contribution in [2.75, 3.05) is 4.90 Å². The summed E-state index contributed by atoms with van der Waals surface area (Å²) in [5.74, 6) is -1.09. The van der Waals surface area contributed by atoms with Crippen molar-refractivity contribution in [2.24, 2.45) is 0 Å². The van der Waals surface area contributed by atoms with Crippen LogP contribution in [0.4, 0.5) is 11.4 Å². The van der Waals surface area contributed by atoms with E-state index in [2.05, 4.69) is 10.2 Å². The number of nitrogens with zero attached hydrogens (tertiary/aromatic N) is 2. The van der Waals surface area contributed by atoms with Gasteiger partial charge in [-0.2, -0.15) is 5.10 Å². The molecule has 0 unspecified atom stereocenters. The lowest BCUT2D eigenvalue weighted by Gasteiger charge is -2.17. The molecule has 0 atom stereocenters. The Morgan fingerprint density at radius 3 is 2.76 bits per heavy atom. The number of benzene rings is 1. The van der Waals surface area contributed by atoms with Crippen LogP contribution in [0.25, 0.3) is 0 Å². The number of carbonyl (C=O) groups is 2. The molecule has 2 rings (SSSR count). The molecule has 0 aliphatic heterocycles. The number of carboxylic acids is 1. The molecule has 1 heterocycles. The molecule has 1 aromatic carbocycles. The first-order valence-corrected chi connectivity index (χ1v) is 4.79. The highest BCUT2D eigenvalue weighted by Gasteiger charge is 2.16. The number of carbonyl (C=O) groups excluding carboxylic acids is 1. The van der Waals surface area contributed by atoms with Crippen LogP contribution in [0.5, 0.6) is 0 Å². The maximum absolute atomic E-state index is 11.1. The fourth-order valence-electron chi connectivity index (χ4n) is 1.50. The van der Waals surface area contributed by atoms with Crippen LogP contribution in [-0.4, -0.2) is 27.7 Å². The Hall–Kier alpha value is -2.63. The molecule has 86 valence electrons. The summed E-state index contributed by atoms with van der Waals surface area (Å²) in [6, 6.07) is 6.27. The predicted molar refractivity (Wildman–Crippen MR) is 60.2 cm³/mol. The Kier molecular flexibility index (Phi) is 2.87. The van der Waals surface area contributed by atoms with Gasteiger partial charge in [0.1, 0.15) is 0 Å². The predicted octanol–water partition coefficient (Wildman–Crippen LogP) is 1.40. The van der Waals surface area contributed by atoms with Gasteiger partial charge in [-0.15, -0.1) is 0 Å². The summed E-state index contributed by atoms with van der Waals surface area (Å²) >= 11 is 0. The van der Waals surface area contributed by atoms with Gasteiger partial charge in [-0.25, -0.2) is 4.79 Å². The van der Waals surface area contributed by atoms with Gasteiger partial charge in [-0.1, -0.05) is 12.1 Å². The van der Waals surface area contributed by atoms with Gasteiger partial charge in [0.25, 0.3) is 0 Å². The van der Waals surface area contributed by atoms with Gasteiger partial charge >= 0.3 is 5.97 Å². The number of hydrogen-bond acceptors (Lipinski definition) is 3. The van der Waals surface area contributed by atoms with Crippen molar-refractivity contribution in [3.8, 4) is 0 Å². The molecule has 0 saturated carbocycles. The molecule has 17 heavy (non-hydrogen) atoms. The summed E-state index contributed by atoms with van der Waals surface area (Å²) < 4.78 is 0. The number of H-pyrrole nitrogens is 1. The molecule has 0 aliphatic rings. The average Bonchev–Trinajstić information content (AvgIpc) is 2.84. The number of carboxylic acid groups (broad SMARTS) is 1. The number of nitrogens with one attached hydrogen (secondary N) is 1. The van der Waals surface area contributed by atoms with E-state index in [1.54, 1.807) is 18.2 Å². The maximum Gasteiger partial charge on any atom is 0.337 e. The summed E-state index contributed by atoms with van der Waals surface area (Å²) in [4.78, 5) is 23.3. The van der Waals surface area contributed by atoms with Gasteiger partial charge in [0.15, 0.2) is 0 Å². The second-order valence-corrected chi connectivity index (χ2v) is 3.25. The Morgan fingerprint density at radius 2 is 2.18 bits per heavy atom. The zero-order chi connectivity index (χ0) is 12.3. The third kappa shape index (κ3) is 2.00. The van der Waals surface area contributed by atoms with E-state index < -0.39 is 5.97 Å². The largest absolute Gasteiger partial charge is 0.478 e. The summed E-state index contributed by atoms with van der Waals surface area (Å²) in [6.07, 6.45) is 3.49. The zero-order valence-corrected chi connectivity index (χ0v) is 8.70. The fourth-order valence-corrected chi connectivity index (χ4v) is 1.50. The molecular weight excluding hydrogens is 222 g/mol. The lowest BCUT2D eigenvalue weighted by molar-refractivity contribution is -0.106. The van der Waals surface area contributed by atoms with E-state index in [-0.39, 0.29) is 5.56 Å². The Bertz CT molecular complexity index is 537. The first kappa shape index (κ1) is 10.9. The zero-order valence-electron chi connectivity index (χ0n) is 8.70. The standard InChI is InChI=1S/C11H9N3O3/c15-7-14(8-5-12-13-6-8)10-4-2-1-3-9(10)11(16)17/h1-7H,(H,12,13)(H,16,17). The van der Waals surface area contributed by atoms with Gasteiger partial charge in [0.05, 0.1) is 23.1 Å². The Balaban J connectivity index is 2.51. The molecule has 0 saturated heterocycles. The maximum atomic E-state index is 11.1. The topological polar surface area (TPSA) is 86.3 Å². The van der Waals surface area contributed by atoms with Crippen LogP contribution in [0.2, 0.25) is 0 Å². The van der Waals surface area contributed by atoms with Crippen LogP contribution < -0.4 is 4.90 Å². The Morgan fingerprint density at radius 1 is 1.41 bits per heavy atom. The molecule has 0 radical (unpaired) electrons. The van der Waals surface area contributed by atoms with Crippen molar-refractivity contribution >= 4 is 23.8 Å². The lowest BCUT2D eigenvalue weighted by Crippen LogP contribution is -2.16.